The van der Waals surface area contributed by atoms with Gasteiger partial charge in [0.25, 0.3) is 5.91 Å². The van der Waals surface area contributed by atoms with Gasteiger partial charge in [0.15, 0.2) is 5.78 Å². The van der Waals surface area contributed by atoms with Crippen LogP contribution in [-0.2, 0) is 20.9 Å². The van der Waals surface area contributed by atoms with Crippen molar-refractivity contribution >= 4 is 23.7 Å². The van der Waals surface area contributed by atoms with E-state index in [4.69, 9.17) is 0 Å². The van der Waals surface area contributed by atoms with Crippen molar-refractivity contribution < 1.29 is 28.6 Å². The van der Waals surface area contributed by atoms with Crippen LogP contribution in [0.15, 0.2) is 91.0 Å². The van der Waals surface area contributed by atoms with Gasteiger partial charge in [0.2, 0.25) is 0 Å². The summed E-state index contributed by atoms with van der Waals surface area (Å²) in [5.74, 6) is -1.64. The van der Waals surface area contributed by atoms with Crippen molar-refractivity contribution in [2.24, 2.45) is 0 Å². The second-order valence-electron chi connectivity index (χ2n) is 10.9. The van der Waals surface area contributed by atoms with E-state index in [1.807, 2.05) is 79.1 Å². The highest BCUT2D eigenvalue weighted by Gasteiger charge is 2.31. The molecule has 7 nitrogen and oxygen atoms in total. The lowest BCUT2D eigenvalue weighted by molar-refractivity contribution is -0.143. The smallest absolute Gasteiger partial charge is 0.308 e. The summed E-state index contributed by atoms with van der Waals surface area (Å²) >= 11 is 0. The Balaban J connectivity index is 1.93. The van der Waals surface area contributed by atoms with Crippen molar-refractivity contribution in [1.29, 1.82) is 0 Å². The summed E-state index contributed by atoms with van der Waals surface area (Å²) in [6, 6.07) is 25.0. The van der Waals surface area contributed by atoms with Crippen molar-refractivity contribution in [1.82, 2.24) is 9.47 Å². The number of hydrogen-bond acceptors (Lipinski definition) is 5. The molecule has 1 N–H and O–H groups in total. The lowest BCUT2D eigenvalue weighted by atomic mass is 9.94. The molecule has 0 radical (unpaired) electrons. The molecule has 0 fully saturated rings. The second-order valence-corrected chi connectivity index (χ2v) is 10.9. The number of carbonyl (C=O) groups excluding carboxylic acids is 3. The largest absolute Gasteiger partial charge is 0.469 e. The van der Waals surface area contributed by atoms with E-state index >= 15 is 0 Å². The van der Waals surface area contributed by atoms with E-state index in [1.54, 1.807) is 30.2 Å². The molecule has 0 aliphatic heterocycles. The summed E-state index contributed by atoms with van der Waals surface area (Å²) in [4.78, 5) is 40.6. The fourth-order valence-corrected chi connectivity index (χ4v) is 5.24. The molecule has 0 spiro atoms. The Morgan fingerprint density at radius 2 is 1.48 bits per heavy atom. The van der Waals surface area contributed by atoms with E-state index in [-0.39, 0.29) is 24.8 Å². The molecule has 0 aliphatic carbocycles. The molecular weight excluding hydrogens is 559 g/mol. The summed E-state index contributed by atoms with van der Waals surface area (Å²) < 4.78 is 20.6. The molecule has 0 saturated heterocycles. The Labute approximate surface area is 257 Å². The predicted molar refractivity (Wildman–Crippen MR) is 169 cm³/mol. The molecule has 0 unspecified atom stereocenters. The first kappa shape index (κ1) is 32.1. The van der Waals surface area contributed by atoms with Gasteiger partial charge in [-0.15, -0.1) is 0 Å². The third-order valence-electron chi connectivity index (χ3n) is 7.26. The molecule has 4 rings (SSSR count). The van der Waals surface area contributed by atoms with Crippen LogP contribution in [0.25, 0.3) is 28.3 Å². The van der Waals surface area contributed by atoms with Crippen LogP contribution < -0.4 is 0 Å². The molecule has 44 heavy (non-hydrogen) atoms. The lowest BCUT2D eigenvalue weighted by Gasteiger charge is -2.22. The average Bonchev–Trinajstić information content (AvgIpc) is 3.36. The Bertz CT molecular complexity index is 1630. The Morgan fingerprint density at radius 3 is 2.07 bits per heavy atom. The van der Waals surface area contributed by atoms with Crippen molar-refractivity contribution in [2.45, 2.75) is 45.4 Å². The molecule has 1 aromatic heterocycles. The number of esters is 1. The number of aliphatic hydroxyl groups excluding tert-OH is 1. The zero-order chi connectivity index (χ0) is 31.8. The Hall–Kier alpha value is -4.82. The first-order chi connectivity index (χ1) is 21.1. The number of aliphatic hydroxyl groups is 1. The van der Waals surface area contributed by atoms with Crippen LogP contribution in [0.5, 0.6) is 0 Å². The molecule has 3 aromatic carbocycles. The number of benzene rings is 3. The highest BCUT2D eigenvalue weighted by Crippen LogP contribution is 2.43. The summed E-state index contributed by atoms with van der Waals surface area (Å²) in [5.41, 5.74) is 4.77. The second kappa shape index (κ2) is 14.6. The average molecular weight is 597 g/mol. The van der Waals surface area contributed by atoms with Crippen LogP contribution in [-0.4, -0.2) is 52.5 Å². The van der Waals surface area contributed by atoms with Crippen molar-refractivity contribution in [3.63, 3.8) is 0 Å². The summed E-state index contributed by atoms with van der Waals surface area (Å²) in [6.45, 7) is 4.29. The standard InChI is InChI=1S/C36H37FN2O5/c1-24(2)39-31(20-19-29(40)21-30(41)22-32(42)44-4)33(27-15-17-28(37)18-16-27)34(26-13-9-6-10-14-26)35(39)36(43)38(3)23-25-11-7-5-8-12-25/h5-20,24,30,41H,21-23H2,1-4H3/t30-/m1/s1. The normalized spacial score (nSPS) is 12.0. The van der Waals surface area contributed by atoms with Crippen molar-refractivity contribution in [3.8, 4) is 22.3 Å². The van der Waals surface area contributed by atoms with E-state index in [0.717, 1.165) is 11.1 Å². The van der Waals surface area contributed by atoms with Crippen LogP contribution in [0.4, 0.5) is 4.39 Å². The fourth-order valence-electron chi connectivity index (χ4n) is 5.24. The predicted octanol–water partition coefficient (Wildman–Crippen LogP) is 6.71. The molecule has 4 aromatic rings. The molecule has 1 heterocycles. The van der Waals surface area contributed by atoms with Crippen LogP contribution in [0.2, 0.25) is 0 Å². The van der Waals surface area contributed by atoms with Gasteiger partial charge in [-0.05, 0) is 54.8 Å². The van der Waals surface area contributed by atoms with Gasteiger partial charge in [-0.3, -0.25) is 14.4 Å². The molecule has 228 valence electrons. The number of rotatable bonds is 12. The first-order valence-electron chi connectivity index (χ1n) is 14.4. The number of allylic oxidation sites excluding steroid dienone is 1. The fraction of sp³-hybridized carbons (Fsp3) is 0.250. The molecular formula is C36H37FN2O5. The van der Waals surface area contributed by atoms with Crippen LogP contribution in [0.1, 0.15) is 54.5 Å². The van der Waals surface area contributed by atoms with Gasteiger partial charge >= 0.3 is 5.97 Å². The van der Waals surface area contributed by atoms with Crippen molar-refractivity contribution in [2.75, 3.05) is 14.2 Å². The van der Waals surface area contributed by atoms with Gasteiger partial charge in [-0.1, -0.05) is 72.8 Å². The number of aromatic nitrogens is 1. The number of methoxy groups -OCH3 is 1. The lowest BCUT2D eigenvalue weighted by Crippen LogP contribution is -2.29. The number of halogens is 1. The molecule has 0 bridgehead atoms. The summed E-state index contributed by atoms with van der Waals surface area (Å²) in [7, 11) is 2.97. The van der Waals surface area contributed by atoms with Crippen LogP contribution in [0.3, 0.4) is 0 Å². The maximum Gasteiger partial charge on any atom is 0.308 e. The maximum atomic E-state index is 14.4. The van der Waals surface area contributed by atoms with Gasteiger partial charge in [0.1, 0.15) is 11.5 Å². The molecule has 0 saturated carbocycles. The minimum Gasteiger partial charge on any atom is -0.469 e. The van der Waals surface area contributed by atoms with Crippen LogP contribution in [0, 0.1) is 5.82 Å². The zero-order valence-corrected chi connectivity index (χ0v) is 25.4. The van der Waals surface area contributed by atoms with E-state index < -0.39 is 23.7 Å². The van der Waals surface area contributed by atoms with E-state index in [1.165, 1.54) is 25.3 Å². The topological polar surface area (TPSA) is 88.8 Å². The molecule has 0 aliphatic rings. The van der Waals surface area contributed by atoms with E-state index in [0.29, 0.717) is 34.6 Å². The summed E-state index contributed by atoms with van der Waals surface area (Å²) in [6.07, 6.45) is 1.20. The third kappa shape index (κ3) is 7.57. The monoisotopic (exact) mass is 596 g/mol. The number of amides is 1. The summed E-state index contributed by atoms with van der Waals surface area (Å²) in [5, 5.41) is 10.2. The molecule has 1 atom stereocenters. The van der Waals surface area contributed by atoms with Crippen molar-refractivity contribution in [3.05, 3.63) is 114 Å². The van der Waals surface area contributed by atoms with Gasteiger partial charge in [-0.2, -0.15) is 0 Å². The molecule has 8 heteroatoms. The number of carbonyl (C=O) groups is 3. The van der Waals surface area contributed by atoms with E-state index in [9.17, 15) is 23.9 Å². The van der Waals surface area contributed by atoms with Gasteiger partial charge < -0.3 is 19.3 Å². The Kier molecular flexibility index (Phi) is 10.6. The third-order valence-corrected chi connectivity index (χ3v) is 7.26. The Morgan fingerprint density at radius 1 is 0.886 bits per heavy atom. The number of nitrogens with zero attached hydrogens (tertiary/aromatic N) is 2. The zero-order valence-electron chi connectivity index (χ0n) is 25.4. The van der Waals surface area contributed by atoms with Gasteiger partial charge in [0, 0.05) is 37.2 Å². The SMILES string of the molecule is COC(=O)C[C@H](O)CC(=O)C=Cc1c(-c2ccc(F)cc2)c(-c2ccccc2)c(C(=O)N(C)Cc2ccccc2)n1C(C)C. The number of hydrogen-bond donors (Lipinski definition) is 1. The van der Waals surface area contributed by atoms with Gasteiger partial charge in [0.05, 0.1) is 25.3 Å². The highest BCUT2D eigenvalue weighted by atomic mass is 19.1. The number of ketones is 1. The minimum atomic E-state index is -1.20. The first-order valence-corrected chi connectivity index (χ1v) is 14.4. The highest BCUT2D eigenvalue weighted by molar-refractivity contribution is 6.07. The minimum absolute atomic E-state index is 0.213. The maximum absolute atomic E-state index is 14.4. The molecule has 1 amide bonds. The quantitative estimate of drug-likeness (QED) is 0.145. The van der Waals surface area contributed by atoms with Crippen LogP contribution >= 0.6 is 0 Å². The van der Waals surface area contributed by atoms with Gasteiger partial charge in [-0.25, -0.2) is 4.39 Å². The van der Waals surface area contributed by atoms with E-state index in [2.05, 4.69) is 4.74 Å². The number of ether oxygens (including phenoxy) is 1.